The molecule has 1 amide bonds. The number of ether oxygens (including phenoxy) is 1. The molecule has 2 heterocycles. The van der Waals surface area contributed by atoms with E-state index in [2.05, 4.69) is 4.98 Å². The monoisotopic (exact) mass is 408 g/mol. The minimum atomic E-state index is -0.715. The van der Waals surface area contributed by atoms with Crippen molar-refractivity contribution in [2.45, 2.75) is 39.3 Å². The van der Waals surface area contributed by atoms with Crippen molar-refractivity contribution in [2.75, 3.05) is 6.61 Å². The second kappa shape index (κ2) is 9.35. The Labute approximate surface area is 175 Å². The minimum Gasteiger partial charge on any atom is -0.503 e. The van der Waals surface area contributed by atoms with Gasteiger partial charge in [0.15, 0.2) is 11.5 Å². The quantitative estimate of drug-likeness (QED) is 0.671. The first-order valence-corrected chi connectivity index (χ1v) is 9.91. The van der Waals surface area contributed by atoms with Gasteiger partial charge in [-0.1, -0.05) is 32.0 Å². The summed E-state index contributed by atoms with van der Waals surface area (Å²) in [4.78, 5) is 42.8. The largest absolute Gasteiger partial charge is 0.503 e. The van der Waals surface area contributed by atoms with Crippen LogP contribution in [0.15, 0.2) is 60.1 Å². The molecule has 0 bridgehead atoms. The van der Waals surface area contributed by atoms with Crippen molar-refractivity contribution in [1.29, 1.82) is 0 Å². The summed E-state index contributed by atoms with van der Waals surface area (Å²) in [7, 11) is 0. The molecule has 0 saturated carbocycles. The molecule has 156 valence electrons. The second-order valence-corrected chi connectivity index (χ2v) is 6.99. The van der Waals surface area contributed by atoms with Crippen LogP contribution in [0.4, 0.5) is 0 Å². The molecule has 0 spiro atoms. The summed E-state index contributed by atoms with van der Waals surface area (Å²) >= 11 is 0. The van der Waals surface area contributed by atoms with Crippen LogP contribution in [0.2, 0.25) is 0 Å². The zero-order chi connectivity index (χ0) is 21.7. The SMILES string of the molecule is CCCOC(=O)c1ccc(CN2C(=O)C(O)=C(C(=O)CC)C2c2cccnc2)cc1. The third-order valence-electron chi connectivity index (χ3n) is 4.91. The molecule has 7 heteroatoms. The zero-order valence-corrected chi connectivity index (χ0v) is 17.0. The molecule has 1 aliphatic heterocycles. The Morgan fingerprint density at radius 3 is 2.50 bits per heavy atom. The lowest BCUT2D eigenvalue weighted by molar-refractivity contribution is -0.130. The molecule has 1 aromatic carbocycles. The van der Waals surface area contributed by atoms with E-state index in [-0.39, 0.29) is 24.3 Å². The number of amides is 1. The fraction of sp³-hybridized carbons (Fsp3) is 0.304. The van der Waals surface area contributed by atoms with Crippen molar-refractivity contribution < 1.29 is 24.2 Å². The summed E-state index contributed by atoms with van der Waals surface area (Å²) in [5.74, 6) is -1.81. The molecule has 2 aromatic rings. The van der Waals surface area contributed by atoms with E-state index in [0.29, 0.717) is 17.7 Å². The molecule has 0 fully saturated rings. The van der Waals surface area contributed by atoms with E-state index in [9.17, 15) is 19.5 Å². The lowest BCUT2D eigenvalue weighted by Crippen LogP contribution is -2.30. The Kier molecular flexibility index (Phi) is 6.61. The maximum Gasteiger partial charge on any atom is 0.338 e. The number of carbonyl (C=O) groups excluding carboxylic acids is 3. The maximum absolute atomic E-state index is 12.8. The molecular formula is C23H24N2O5. The van der Waals surface area contributed by atoms with Gasteiger partial charge in [-0.15, -0.1) is 0 Å². The third kappa shape index (κ3) is 4.25. The molecule has 0 aliphatic carbocycles. The van der Waals surface area contributed by atoms with E-state index in [1.807, 2.05) is 6.92 Å². The molecule has 0 radical (unpaired) electrons. The first kappa shape index (κ1) is 21.2. The molecule has 1 aliphatic rings. The van der Waals surface area contributed by atoms with Gasteiger partial charge in [0.2, 0.25) is 0 Å². The fourth-order valence-electron chi connectivity index (χ4n) is 3.40. The average Bonchev–Trinajstić information content (AvgIpc) is 3.03. The van der Waals surface area contributed by atoms with Crippen LogP contribution in [0.1, 0.15) is 54.2 Å². The number of Topliss-reactive ketones (excluding diaryl/α,β-unsaturated/α-hetero) is 1. The average molecular weight is 408 g/mol. The minimum absolute atomic E-state index is 0.0928. The van der Waals surface area contributed by atoms with Gasteiger partial charge in [-0.25, -0.2) is 4.79 Å². The Balaban J connectivity index is 1.88. The van der Waals surface area contributed by atoms with Crippen LogP contribution in [0.25, 0.3) is 0 Å². The second-order valence-electron chi connectivity index (χ2n) is 6.99. The van der Waals surface area contributed by atoms with Gasteiger partial charge in [0, 0.05) is 25.4 Å². The highest BCUT2D eigenvalue weighted by atomic mass is 16.5. The molecule has 1 N–H and O–H groups in total. The molecule has 30 heavy (non-hydrogen) atoms. The number of aliphatic hydroxyl groups is 1. The Morgan fingerprint density at radius 2 is 1.90 bits per heavy atom. The maximum atomic E-state index is 12.8. The summed E-state index contributed by atoms with van der Waals surface area (Å²) in [6.45, 7) is 4.12. The number of rotatable bonds is 8. The predicted octanol–water partition coefficient (Wildman–Crippen LogP) is 3.52. The summed E-state index contributed by atoms with van der Waals surface area (Å²) in [5.41, 5.74) is 1.91. The van der Waals surface area contributed by atoms with Crippen LogP contribution in [-0.2, 0) is 20.9 Å². The molecule has 0 saturated heterocycles. The normalized spacial score (nSPS) is 16.1. The van der Waals surface area contributed by atoms with Crippen LogP contribution in [0, 0.1) is 0 Å². The zero-order valence-electron chi connectivity index (χ0n) is 17.0. The number of esters is 1. The van der Waals surface area contributed by atoms with Crippen molar-refractivity contribution in [3.05, 3.63) is 76.8 Å². The van der Waals surface area contributed by atoms with Crippen molar-refractivity contribution in [2.24, 2.45) is 0 Å². The number of hydrogen-bond donors (Lipinski definition) is 1. The van der Waals surface area contributed by atoms with Gasteiger partial charge in [0.25, 0.3) is 5.91 Å². The summed E-state index contributed by atoms with van der Waals surface area (Å²) in [6, 6.07) is 9.51. The van der Waals surface area contributed by atoms with Crippen molar-refractivity contribution in [3.8, 4) is 0 Å². The smallest absolute Gasteiger partial charge is 0.338 e. The van der Waals surface area contributed by atoms with E-state index >= 15 is 0 Å². The lowest BCUT2D eigenvalue weighted by Gasteiger charge is -2.26. The highest BCUT2D eigenvalue weighted by molar-refractivity contribution is 6.08. The lowest BCUT2D eigenvalue weighted by atomic mass is 9.96. The van der Waals surface area contributed by atoms with Gasteiger partial charge in [0.05, 0.1) is 23.8 Å². The van der Waals surface area contributed by atoms with Crippen molar-refractivity contribution in [3.63, 3.8) is 0 Å². The first-order valence-electron chi connectivity index (χ1n) is 9.91. The number of aromatic nitrogens is 1. The summed E-state index contributed by atoms with van der Waals surface area (Å²) in [5, 5.41) is 10.4. The van der Waals surface area contributed by atoms with Gasteiger partial charge in [0.1, 0.15) is 0 Å². The van der Waals surface area contributed by atoms with E-state index in [0.717, 1.165) is 12.0 Å². The van der Waals surface area contributed by atoms with E-state index in [4.69, 9.17) is 4.74 Å². The number of aliphatic hydroxyl groups excluding tert-OH is 1. The number of nitrogens with zero attached hydrogens (tertiary/aromatic N) is 2. The number of carbonyl (C=O) groups is 3. The highest BCUT2D eigenvalue weighted by Gasteiger charge is 2.42. The van der Waals surface area contributed by atoms with Gasteiger partial charge in [-0.3, -0.25) is 14.6 Å². The number of pyridine rings is 1. The molecule has 1 unspecified atom stereocenters. The van der Waals surface area contributed by atoms with E-state index < -0.39 is 23.7 Å². The topological polar surface area (TPSA) is 96.8 Å². The van der Waals surface area contributed by atoms with E-state index in [1.165, 1.54) is 4.90 Å². The highest BCUT2D eigenvalue weighted by Crippen LogP contribution is 2.38. The number of hydrogen-bond acceptors (Lipinski definition) is 6. The third-order valence-corrected chi connectivity index (χ3v) is 4.91. The summed E-state index contributed by atoms with van der Waals surface area (Å²) < 4.78 is 5.12. The standard InChI is InChI=1S/C23H24N2O5/c1-3-12-30-23(29)16-9-7-15(8-10-16)14-25-20(17-6-5-11-24-13-17)19(18(26)4-2)21(27)22(25)28/h5-11,13,20,27H,3-4,12,14H2,1-2H3. The van der Waals surface area contributed by atoms with Gasteiger partial charge in [-0.05, 0) is 35.7 Å². The molecular weight excluding hydrogens is 384 g/mol. The van der Waals surface area contributed by atoms with Crippen LogP contribution < -0.4 is 0 Å². The fourth-order valence-corrected chi connectivity index (χ4v) is 3.40. The predicted molar refractivity (Wildman–Crippen MR) is 109 cm³/mol. The van der Waals surface area contributed by atoms with Crippen LogP contribution >= 0.6 is 0 Å². The van der Waals surface area contributed by atoms with Gasteiger partial charge in [-0.2, -0.15) is 0 Å². The molecule has 3 rings (SSSR count). The molecule has 7 nitrogen and oxygen atoms in total. The van der Waals surface area contributed by atoms with Crippen molar-refractivity contribution >= 4 is 17.7 Å². The number of ketones is 1. The van der Waals surface area contributed by atoms with E-state index in [1.54, 1.807) is 55.7 Å². The molecule has 1 aromatic heterocycles. The Bertz CT molecular complexity index is 967. The van der Waals surface area contributed by atoms with Crippen LogP contribution in [0.3, 0.4) is 0 Å². The number of benzene rings is 1. The Hall–Kier alpha value is -3.48. The van der Waals surface area contributed by atoms with Crippen molar-refractivity contribution in [1.82, 2.24) is 9.88 Å². The summed E-state index contributed by atoms with van der Waals surface area (Å²) in [6.07, 6.45) is 4.10. The Morgan fingerprint density at radius 1 is 1.17 bits per heavy atom. The van der Waals surface area contributed by atoms with Crippen LogP contribution in [0.5, 0.6) is 0 Å². The first-order chi connectivity index (χ1) is 14.5. The van der Waals surface area contributed by atoms with Crippen LogP contribution in [-0.4, -0.2) is 39.3 Å². The van der Waals surface area contributed by atoms with Gasteiger partial charge >= 0.3 is 5.97 Å². The van der Waals surface area contributed by atoms with Gasteiger partial charge < -0.3 is 14.7 Å². The molecule has 1 atom stereocenters.